The van der Waals surface area contributed by atoms with E-state index in [-0.39, 0.29) is 37.9 Å². The number of aliphatic hydroxyl groups is 1. The van der Waals surface area contributed by atoms with E-state index in [0.717, 1.165) is 12.2 Å². The van der Waals surface area contributed by atoms with Gasteiger partial charge in [-0.25, -0.2) is 14.4 Å². The van der Waals surface area contributed by atoms with Gasteiger partial charge in [0.05, 0.1) is 19.8 Å². The van der Waals surface area contributed by atoms with E-state index in [4.69, 9.17) is 24.7 Å². The molecule has 1 aliphatic rings. The lowest BCUT2D eigenvalue weighted by molar-refractivity contribution is -0.147. The number of hydrogen-bond acceptors (Lipinski definition) is 10. The van der Waals surface area contributed by atoms with Crippen LogP contribution in [0.4, 0.5) is 4.79 Å². The van der Waals surface area contributed by atoms with Gasteiger partial charge in [0, 0.05) is 31.6 Å². The van der Waals surface area contributed by atoms with Crippen molar-refractivity contribution in [3.63, 3.8) is 0 Å². The molecule has 0 bridgehead atoms. The van der Waals surface area contributed by atoms with Gasteiger partial charge in [-0.1, -0.05) is 6.08 Å². The number of methoxy groups -OCH3 is 1. The second-order valence-electron chi connectivity index (χ2n) is 7.30. The third-order valence-electron chi connectivity index (χ3n) is 4.57. The lowest BCUT2D eigenvalue weighted by Crippen LogP contribution is -2.48. The van der Waals surface area contributed by atoms with Crippen LogP contribution in [0.3, 0.4) is 0 Å². The van der Waals surface area contributed by atoms with Crippen molar-refractivity contribution in [3.8, 4) is 0 Å². The van der Waals surface area contributed by atoms with E-state index in [1.165, 1.54) is 13.2 Å². The number of ether oxygens (including phenoxy) is 4. The van der Waals surface area contributed by atoms with E-state index in [1.807, 2.05) is 0 Å². The first-order valence-corrected chi connectivity index (χ1v) is 11.0. The molecule has 34 heavy (non-hydrogen) atoms. The number of carbonyl (C=O) groups is 4. The highest BCUT2D eigenvalue weighted by Gasteiger charge is 2.38. The number of hydrogen-bond donors (Lipinski definition) is 4. The van der Waals surface area contributed by atoms with Gasteiger partial charge in [-0.15, -0.1) is 0 Å². The summed E-state index contributed by atoms with van der Waals surface area (Å²) in [5, 5.41) is 21.2. The molecule has 0 aromatic rings. The Balaban J connectivity index is 2.61. The van der Waals surface area contributed by atoms with Gasteiger partial charge < -0.3 is 29.4 Å². The molecule has 2 amide bonds. The Bertz CT molecular complexity index is 767. The minimum atomic E-state index is -0.986. The van der Waals surface area contributed by atoms with E-state index in [1.54, 1.807) is 13.0 Å². The smallest absolute Gasteiger partial charge is 0.331 e. The van der Waals surface area contributed by atoms with Gasteiger partial charge in [0.15, 0.2) is 6.23 Å². The van der Waals surface area contributed by atoms with Crippen LogP contribution in [0.5, 0.6) is 0 Å². The van der Waals surface area contributed by atoms with Crippen LogP contribution >= 0.6 is 0 Å². The van der Waals surface area contributed by atoms with Crippen molar-refractivity contribution in [1.82, 2.24) is 10.6 Å². The first-order valence-electron chi connectivity index (χ1n) is 11.0. The molecular formula is C22H33N3O9. The molecule has 0 aromatic heterocycles. The second-order valence-corrected chi connectivity index (χ2v) is 7.30. The van der Waals surface area contributed by atoms with Crippen molar-refractivity contribution in [3.05, 3.63) is 24.3 Å². The first kappa shape index (κ1) is 28.8. The van der Waals surface area contributed by atoms with Crippen molar-refractivity contribution in [2.75, 3.05) is 20.3 Å². The fraction of sp³-hybridized carbons (Fsp3) is 0.591. The molecule has 0 aromatic carbocycles. The van der Waals surface area contributed by atoms with Gasteiger partial charge in [0.2, 0.25) is 0 Å². The third-order valence-corrected chi connectivity index (χ3v) is 4.57. The molecule has 12 heteroatoms. The van der Waals surface area contributed by atoms with E-state index >= 15 is 0 Å². The number of amides is 2. The zero-order valence-electron chi connectivity index (χ0n) is 19.4. The number of amidine groups is 1. The van der Waals surface area contributed by atoms with Crippen LogP contribution in [0.25, 0.3) is 0 Å². The Morgan fingerprint density at radius 2 is 1.85 bits per heavy atom. The highest BCUT2D eigenvalue weighted by molar-refractivity contribution is 6.01. The number of rotatable bonds is 13. The monoisotopic (exact) mass is 483 g/mol. The minimum absolute atomic E-state index is 0.0280. The fourth-order valence-corrected chi connectivity index (χ4v) is 2.99. The van der Waals surface area contributed by atoms with Crippen LogP contribution in [-0.4, -0.2) is 73.6 Å². The molecule has 3 atom stereocenters. The van der Waals surface area contributed by atoms with Gasteiger partial charge in [0.25, 0.3) is 0 Å². The maximum atomic E-state index is 12.2. The largest absolute Gasteiger partial charge is 0.466 e. The molecule has 1 saturated heterocycles. The van der Waals surface area contributed by atoms with Crippen molar-refractivity contribution in [2.45, 2.75) is 63.9 Å². The summed E-state index contributed by atoms with van der Waals surface area (Å²) in [4.78, 5) is 47.0. The number of allylic oxidation sites excluding steroid dienone is 1. The van der Waals surface area contributed by atoms with Crippen LogP contribution in [0.2, 0.25) is 0 Å². The zero-order valence-corrected chi connectivity index (χ0v) is 19.4. The Kier molecular flexibility index (Phi) is 13.9. The lowest BCUT2D eigenvalue weighted by Gasteiger charge is -2.20. The predicted molar refractivity (Wildman–Crippen MR) is 120 cm³/mol. The highest BCUT2D eigenvalue weighted by atomic mass is 16.6. The number of esters is 3. The molecule has 0 radical (unpaired) electrons. The summed E-state index contributed by atoms with van der Waals surface area (Å²) in [5.41, 5.74) is 0. The second kappa shape index (κ2) is 16.4. The molecule has 190 valence electrons. The normalized spacial score (nSPS) is 19.7. The number of aliphatic hydroxyl groups excluding tert-OH is 1. The Morgan fingerprint density at radius 3 is 2.53 bits per heavy atom. The molecule has 1 aliphatic heterocycles. The summed E-state index contributed by atoms with van der Waals surface area (Å²) in [5.74, 6) is -2.01. The predicted octanol–water partition coefficient (Wildman–Crippen LogP) is 1.08. The zero-order chi connectivity index (χ0) is 25.3. The summed E-state index contributed by atoms with van der Waals surface area (Å²) in [6.07, 6.45) is 5.13. The van der Waals surface area contributed by atoms with E-state index < -0.39 is 36.4 Å². The maximum absolute atomic E-state index is 12.2. The molecule has 0 spiro atoms. The Hall–Kier alpha value is -3.25. The SMILES string of the molecule is C/C=C\C(=N)NC(=O)N[C@@H]1O[C@H](CCCOC(=O)CCCCO)C[C@H]1OC(=O)/C=C\C(=O)OC. The van der Waals surface area contributed by atoms with Crippen LogP contribution in [0.15, 0.2) is 24.3 Å². The third kappa shape index (κ3) is 12.1. The van der Waals surface area contributed by atoms with Gasteiger partial charge in [0.1, 0.15) is 11.9 Å². The van der Waals surface area contributed by atoms with E-state index in [9.17, 15) is 19.2 Å². The van der Waals surface area contributed by atoms with Crippen molar-refractivity contribution in [1.29, 1.82) is 5.41 Å². The molecule has 1 rings (SSSR count). The first-order chi connectivity index (χ1) is 16.3. The van der Waals surface area contributed by atoms with Crippen LogP contribution in [0.1, 0.15) is 45.4 Å². The number of unbranched alkanes of at least 4 members (excludes halogenated alkanes) is 1. The van der Waals surface area contributed by atoms with E-state index in [2.05, 4.69) is 15.4 Å². The van der Waals surface area contributed by atoms with Gasteiger partial charge in [-0.05, 0) is 38.7 Å². The average Bonchev–Trinajstić information content (AvgIpc) is 3.15. The van der Waals surface area contributed by atoms with Crippen LogP contribution in [-0.2, 0) is 33.3 Å². The molecule has 12 nitrogen and oxygen atoms in total. The average molecular weight is 484 g/mol. The van der Waals surface area contributed by atoms with Gasteiger partial charge in [-0.3, -0.25) is 15.5 Å². The molecule has 1 heterocycles. The van der Waals surface area contributed by atoms with Crippen molar-refractivity contribution in [2.24, 2.45) is 0 Å². The maximum Gasteiger partial charge on any atom is 0.331 e. The number of carbonyl (C=O) groups excluding carboxylic acids is 4. The molecule has 1 fully saturated rings. The van der Waals surface area contributed by atoms with Crippen molar-refractivity contribution < 1.29 is 43.2 Å². The van der Waals surface area contributed by atoms with Gasteiger partial charge in [-0.2, -0.15) is 0 Å². The quantitative estimate of drug-likeness (QED) is 0.0746. The number of urea groups is 1. The van der Waals surface area contributed by atoms with Crippen molar-refractivity contribution >= 4 is 29.8 Å². The summed E-state index contributed by atoms with van der Waals surface area (Å²) in [6, 6.07) is -0.711. The Morgan fingerprint density at radius 1 is 1.12 bits per heavy atom. The Labute approximate surface area is 198 Å². The molecule has 4 N–H and O–H groups in total. The molecule has 0 unspecified atom stereocenters. The number of nitrogens with one attached hydrogen (secondary N) is 3. The van der Waals surface area contributed by atoms with Crippen LogP contribution in [0, 0.1) is 5.41 Å². The molecule has 0 saturated carbocycles. The molecular weight excluding hydrogens is 450 g/mol. The fourth-order valence-electron chi connectivity index (χ4n) is 2.99. The van der Waals surface area contributed by atoms with E-state index in [0.29, 0.717) is 25.7 Å². The lowest BCUT2D eigenvalue weighted by atomic mass is 10.1. The standard InChI is InChI=1S/C22H33N3O9/c1-3-7-17(23)24-22(30)25-21-16(34-20(29)11-10-18(27)31-2)14-15(33-21)8-6-13-32-19(28)9-4-5-12-26/h3,7,10-11,15-16,21,26H,4-6,8-9,12-14H2,1-2H3,(H3,23,24,25,30)/b7-3-,11-10-/t15-,16-,21-/m1/s1. The molecule has 0 aliphatic carbocycles. The summed E-state index contributed by atoms with van der Waals surface area (Å²) < 4.78 is 20.7. The highest BCUT2D eigenvalue weighted by Crippen LogP contribution is 2.25. The van der Waals surface area contributed by atoms with Gasteiger partial charge >= 0.3 is 23.9 Å². The summed E-state index contributed by atoms with van der Waals surface area (Å²) in [6.45, 7) is 1.91. The summed E-state index contributed by atoms with van der Waals surface area (Å²) >= 11 is 0. The van der Waals surface area contributed by atoms with Crippen LogP contribution < -0.4 is 10.6 Å². The summed E-state index contributed by atoms with van der Waals surface area (Å²) in [7, 11) is 1.17. The topological polar surface area (TPSA) is 173 Å². The minimum Gasteiger partial charge on any atom is -0.466 e.